The van der Waals surface area contributed by atoms with Gasteiger partial charge >= 0.3 is 0 Å². The van der Waals surface area contributed by atoms with Gasteiger partial charge in [0, 0.05) is 31.8 Å². The summed E-state index contributed by atoms with van der Waals surface area (Å²) in [6, 6.07) is 3.98. The van der Waals surface area contributed by atoms with E-state index in [-0.39, 0.29) is 18.6 Å². The number of aromatic nitrogens is 2. The topological polar surface area (TPSA) is 67.0 Å². The molecule has 2 unspecified atom stereocenters. The number of quaternary nitrogens is 1. The number of carbonyl (C=O) groups excluding carboxylic acids is 1. The molecule has 0 fully saturated rings. The number of hydrogen-bond donors (Lipinski definition) is 1. The first-order valence-electron chi connectivity index (χ1n) is 8.98. The second kappa shape index (κ2) is 6.99. The van der Waals surface area contributed by atoms with Gasteiger partial charge in [0.15, 0.2) is 11.5 Å². The summed E-state index contributed by atoms with van der Waals surface area (Å²) in [5.41, 5.74) is 2.29. The number of hydrogen-bond acceptors (Lipinski definition) is 5. The molecule has 2 atom stereocenters. The highest BCUT2D eigenvalue weighted by atomic mass is 16.7. The van der Waals surface area contributed by atoms with E-state index in [2.05, 4.69) is 12.1 Å². The van der Waals surface area contributed by atoms with Gasteiger partial charge in [-0.1, -0.05) is 0 Å². The minimum Gasteiger partial charge on any atom is -0.492 e. The predicted octanol–water partition coefficient (Wildman–Crippen LogP) is 0.782. The molecule has 0 radical (unpaired) electrons. The molecule has 2 aromatic rings. The number of carbonyl (C=O) groups is 1. The van der Waals surface area contributed by atoms with Crippen LogP contribution in [0.25, 0.3) is 0 Å². The zero-order valence-corrected chi connectivity index (χ0v) is 15.2. The number of fused-ring (bicyclic) bond motifs is 2. The molecular formula is C19H24N3O4+. The average Bonchev–Trinajstić information content (AvgIpc) is 3.32. The molecule has 26 heavy (non-hydrogen) atoms. The molecule has 0 amide bonds. The molecule has 0 spiro atoms. The number of nitrogens with zero attached hydrogens (tertiary/aromatic N) is 2. The Labute approximate surface area is 152 Å². The van der Waals surface area contributed by atoms with E-state index >= 15 is 0 Å². The Bertz CT molecular complexity index is 804. The van der Waals surface area contributed by atoms with E-state index in [0.29, 0.717) is 25.1 Å². The number of benzene rings is 1. The van der Waals surface area contributed by atoms with Crippen molar-refractivity contribution < 1.29 is 23.9 Å². The molecule has 7 heteroatoms. The van der Waals surface area contributed by atoms with Gasteiger partial charge in [-0.3, -0.25) is 9.48 Å². The van der Waals surface area contributed by atoms with Crippen LogP contribution >= 0.6 is 0 Å². The average molecular weight is 358 g/mol. The quantitative estimate of drug-likeness (QED) is 0.827. The molecule has 2 aliphatic heterocycles. The number of methoxy groups -OCH3 is 1. The lowest BCUT2D eigenvalue weighted by Gasteiger charge is -2.32. The standard InChI is InChI=1S/C19H23N3O4/c1-21-8-4-13-10-16-18(26-12-25-16)19(24-2)17(13)15(21)11-14(23)5-9-22-7-3-6-20-22/h3,6-7,10,15H,4-5,8-9,11-12H2,1-2H3/p+1. The molecule has 0 saturated carbocycles. The highest BCUT2D eigenvalue weighted by molar-refractivity contribution is 5.79. The van der Waals surface area contributed by atoms with E-state index < -0.39 is 0 Å². The third-order valence-electron chi connectivity index (χ3n) is 5.29. The Kier molecular flexibility index (Phi) is 4.55. The van der Waals surface area contributed by atoms with Crippen molar-refractivity contribution in [1.29, 1.82) is 0 Å². The van der Waals surface area contributed by atoms with Crippen LogP contribution in [-0.2, 0) is 17.8 Å². The Balaban J connectivity index is 1.58. The van der Waals surface area contributed by atoms with Crippen LogP contribution in [0.2, 0.25) is 0 Å². The molecule has 2 aliphatic rings. The maximum absolute atomic E-state index is 12.6. The summed E-state index contributed by atoms with van der Waals surface area (Å²) in [6.07, 6.45) is 5.51. The second-order valence-corrected chi connectivity index (χ2v) is 6.88. The molecule has 0 saturated heterocycles. The van der Waals surface area contributed by atoms with Crippen LogP contribution in [0.3, 0.4) is 0 Å². The van der Waals surface area contributed by atoms with E-state index in [4.69, 9.17) is 14.2 Å². The fourth-order valence-corrected chi connectivity index (χ4v) is 3.90. The van der Waals surface area contributed by atoms with Crippen molar-refractivity contribution in [1.82, 2.24) is 9.78 Å². The van der Waals surface area contributed by atoms with Gasteiger partial charge in [0.1, 0.15) is 11.8 Å². The van der Waals surface area contributed by atoms with Gasteiger partial charge in [-0.25, -0.2) is 0 Å². The summed E-state index contributed by atoms with van der Waals surface area (Å²) >= 11 is 0. The second-order valence-electron chi connectivity index (χ2n) is 6.88. The molecule has 0 bridgehead atoms. The Hall–Kier alpha value is -2.54. The van der Waals surface area contributed by atoms with Crippen LogP contribution in [-0.4, -0.2) is 43.1 Å². The smallest absolute Gasteiger partial charge is 0.231 e. The molecule has 138 valence electrons. The van der Waals surface area contributed by atoms with Crippen molar-refractivity contribution in [2.45, 2.75) is 31.8 Å². The molecule has 0 aliphatic carbocycles. The van der Waals surface area contributed by atoms with Crippen LogP contribution in [0.4, 0.5) is 0 Å². The molecule has 1 N–H and O–H groups in total. The lowest BCUT2D eigenvalue weighted by molar-refractivity contribution is -0.914. The Morgan fingerprint density at radius 1 is 1.46 bits per heavy atom. The number of Topliss-reactive ketones (excluding diaryl/α,β-unsaturated/α-hetero) is 1. The summed E-state index contributed by atoms with van der Waals surface area (Å²) in [5, 5.41) is 4.16. The van der Waals surface area contributed by atoms with Gasteiger partial charge in [-0.15, -0.1) is 0 Å². The zero-order chi connectivity index (χ0) is 18.1. The lowest BCUT2D eigenvalue weighted by atomic mass is 9.88. The van der Waals surface area contributed by atoms with Gasteiger partial charge in [0.25, 0.3) is 0 Å². The molecule has 3 heterocycles. The van der Waals surface area contributed by atoms with Crippen molar-refractivity contribution in [3.8, 4) is 17.2 Å². The van der Waals surface area contributed by atoms with Crippen LogP contribution in [0.1, 0.15) is 30.0 Å². The fourth-order valence-electron chi connectivity index (χ4n) is 3.90. The maximum atomic E-state index is 12.6. The van der Waals surface area contributed by atoms with Gasteiger partial charge in [0.2, 0.25) is 12.5 Å². The molecule has 4 rings (SSSR count). The number of aryl methyl sites for hydroxylation is 1. The van der Waals surface area contributed by atoms with Crippen molar-refractivity contribution in [3.05, 3.63) is 35.7 Å². The summed E-state index contributed by atoms with van der Waals surface area (Å²) in [4.78, 5) is 14.0. The van der Waals surface area contributed by atoms with Gasteiger partial charge in [0.05, 0.1) is 32.7 Å². The van der Waals surface area contributed by atoms with Gasteiger partial charge < -0.3 is 19.1 Å². The van der Waals surface area contributed by atoms with Crippen molar-refractivity contribution in [2.24, 2.45) is 0 Å². The van der Waals surface area contributed by atoms with Gasteiger partial charge in [-0.05, 0) is 17.7 Å². The van der Waals surface area contributed by atoms with E-state index in [1.54, 1.807) is 18.0 Å². The zero-order valence-electron chi connectivity index (χ0n) is 15.2. The largest absolute Gasteiger partial charge is 0.492 e. The fraction of sp³-hybridized carbons (Fsp3) is 0.474. The summed E-state index contributed by atoms with van der Waals surface area (Å²) in [7, 11) is 3.79. The van der Waals surface area contributed by atoms with E-state index in [1.807, 2.05) is 18.3 Å². The van der Waals surface area contributed by atoms with Gasteiger partial charge in [-0.2, -0.15) is 5.10 Å². The van der Waals surface area contributed by atoms with Crippen LogP contribution in [0, 0.1) is 0 Å². The highest BCUT2D eigenvalue weighted by Crippen LogP contribution is 2.47. The van der Waals surface area contributed by atoms with Crippen molar-refractivity contribution >= 4 is 5.78 Å². The van der Waals surface area contributed by atoms with Crippen LogP contribution in [0.15, 0.2) is 24.5 Å². The van der Waals surface area contributed by atoms with E-state index in [1.165, 1.54) is 10.5 Å². The minimum atomic E-state index is 0.0633. The maximum Gasteiger partial charge on any atom is 0.231 e. The summed E-state index contributed by atoms with van der Waals surface area (Å²) in [6.45, 7) is 1.81. The Morgan fingerprint density at radius 2 is 2.35 bits per heavy atom. The molecule has 1 aromatic heterocycles. The van der Waals surface area contributed by atoms with Crippen LogP contribution < -0.4 is 19.1 Å². The third-order valence-corrected chi connectivity index (χ3v) is 5.29. The first-order valence-corrected chi connectivity index (χ1v) is 8.98. The summed E-state index contributed by atoms with van der Waals surface area (Å²) in [5.74, 6) is 2.36. The normalized spacial score (nSPS) is 20.7. The van der Waals surface area contributed by atoms with Crippen molar-refractivity contribution in [3.63, 3.8) is 0 Å². The molecular weight excluding hydrogens is 334 g/mol. The lowest BCUT2D eigenvalue weighted by Crippen LogP contribution is -3.10. The van der Waals surface area contributed by atoms with E-state index in [0.717, 1.165) is 30.0 Å². The molecule has 7 nitrogen and oxygen atoms in total. The number of likely N-dealkylation sites (N-methyl/N-ethyl adjacent to an activating group) is 1. The third kappa shape index (κ3) is 3.03. The SMILES string of the molecule is COc1c2c(cc3c1C(CC(=O)CCn1cccn1)[NH+](C)CC3)OCO2. The summed E-state index contributed by atoms with van der Waals surface area (Å²) < 4.78 is 18.6. The first-order chi connectivity index (χ1) is 12.7. The molecule has 1 aromatic carbocycles. The monoisotopic (exact) mass is 358 g/mol. The number of rotatable bonds is 6. The predicted molar refractivity (Wildman–Crippen MR) is 93.8 cm³/mol. The van der Waals surface area contributed by atoms with Crippen LogP contribution in [0.5, 0.6) is 17.2 Å². The number of ether oxygens (including phenoxy) is 3. The highest BCUT2D eigenvalue weighted by Gasteiger charge is 2.37. The number of nitrogens with one attached hydrogen (secondary N) is 1. The van der Waals surface area contributed by atoms with E-state index in [9.17, 15) is 4.79 Å². The minimum absolute atomic E-state index is 0.0633. The first kappa shape index (κ1) is 16.9. The van der Waals surface area contributed by atoms with Crippen molar-refractivity contribution in [2.75, 3.05) is 27.5 Å². The number of ketones is 1. The Morgan fingerprint density at radius 3 is 3.12 bits per heavy atom.